The Hall–Kier alpha value is -3.36. The van der Waals surface area contributed by atoms with Gasteiger partial charge in [0.25, 0.3) is 5.91 Å². The van der Waals surface area contributed by atoms with E-state index in [1.807, 2.05) is 17.5 Å². The standard InChI is InChI=1S/C21H19ClN4O3S/c22-14-9-7-13(8-10-14)20(28)25-16-5-2-1-4-15(16)24-19(27)12-17(26-21(23)29)18-6-3-11-30-18/h1-11,17H,12H2,(H,24,27)(H,25,28)(H3,23,26,29). The zero-order valence-corrected chi connectivity index (χ0v) is 17.3. The zero-order chi connectivity index (χ0) is 21.5. The van der Waals surface area contributed by atoms with Gasteiger partial charge in [0.2, 0.25) is 5.91 Å². The lowest BCUT2D eigenvalue weighted by molar-refractivity contribution is -0.116. The third-order valence-corrected chi connectivity index (χ3v) is 5.39. The number of primary amides is 1. The van der Waals surface area contributed by atoms with Gasteiger partial charge in [0.1, 0.15) is 0 Å². The summed E-state index contributed by atoms with van der Waals surface area (Å²) < 4.78 is 0. The first-order chi connectivity index (χ1) is 14.4. The number of hydrogen-bond acceptors (Lipinski definition) is 4. The quantitative estimate of drug-likeness (QED) is 0.435. The Morgan fingerprint density at radius 2 is 1.60 bits per heavy atom. The van der Waals surface area contributed by atoms with E-state index >= 15 is 0 Å². The fourth-order valence-electron chi connectivity index (χ4n) is 2.77. The fraction of sp³-hybridized carbons (Fsp3) is 0.0952. The SMILES string of the molecule is NC(=O)NC(CC(=O)Nc1ccccc1NC(=O)c1ccc(Cl)cc1)c1cccs1. The van der Waals surface area contributed by atoms with Crippen LogP contribution in [-0.4, -0.2) is 17.8 Å². The zero-order valence-electron chi connectivity index (χ0n) is 15.7. The highest BCUT2D eigenvalue weighted by Crippen LogP contribution is 2.25. The summed E-state index contributed by atoms with van der Waals surface area (Å²) in [4.78, 5) is 37.2. The van der Waals surface area contributed by atoms with Gasteiger partial charge < -0.3 is 21.7 Å². The first kappa shape index (κ1) is 21.4. The molecule has 7 nitrogen and oxygen atoms in total. The summed E-state index contributed by atoms with van der Waals surface area (Å²) in [6.45, 7) is 0. The molecule has 0 saturated carbocycles. The van der Waals surface area contributed by atoms with Crippen molar-refractivity contribution in [1.29, 1.82) is 0 Å². The van der Waals surface area contributed by atoms with Crippen LogP contribution in [0.5, 0.6) is 0 Å². The van der Waals surface area contributed by atoms with Crippen LogP contribution in [0.2, 0.25) is 5.02 Å². The molecule has 0 aliphatic carbocycles. The van der Waals surface area contributed by atoms with E-state index in [0.717, 1.165) is 4.88 Å². The number of benzene rings is 2. The van der Waals surface area contributed by atoms with Crippen LogP contribution in [0, 0.1) is 0 Å². The van der Waals surface area contributed by atoms with Gasteiger partial charge in [0.15, 0.2) is 0 Å². The third kappa shape index (κ3) is 5.82. The van der Waals surface area contributed by atoms with Crippen molar-refractivity contribution in [2.75, 3.05) is 10.6 Å². The number of para-hydroxylation sites is 2. The molecule has 4 amide bonds. The monoisotopic (exact) mass is 442 g/mol. The average Bonchev–Trinajstić information content (AvgIpc) is 3.24. The molecule has 9 heteroatoms. The minimum Gasteiger partial charge on any atom is -0.352 e. The molecule has 3 rings (SSSR count). The molecule has 0 aliphatic rings. The number of carbonyl (C=O) groups excluding carboxylic acids is 3. The van der Waals surface area contributed by atoms with Crippen molar-refractivity contribution >= 4 is 52.2 Å². The van der Waals surface area contributed by atoms with E-state index in [1.165, 1.54) is 11.3 Å². The average molecular weight is 443 g/mol. The van der Waals surface area contributed by atoms with Crippen molar-refractivity contribution < 1.29 is 14.4 Å². The molecule has 30 heavy (non-hydrogen) atoms. The van der Waals surface area contributed by atoms with Crippen LogP contribution in [0.4, 0.5) is 16.2 Å². The van der Waals surface area contributed by atoms with Gasteiger partial charge in [-0.25, -0.2) is 4.79 Å². The van der Waals surface area contributed by atoms with Gasteiger partial charge in [0, 0.05) is 15.5 Å². The Morgan fingerprint density at radius 1 is 0.933 bits per heavy atom. The maximum atomic E-state index is 12.6. The molecule has 0 radical (unpaired) electrons. The summed E-state index contributed by atoms with van der Waals surface area (Å²) in [5.74, 6) is -0.671. The van der Waals surface area contributed by atoms with Gasteiger partial charge in [-0.05, 0) is 47.8 Å². The smallest absolute Gasteiger partial charge is 0.312 e. The number of urea groups is 1. The fourth-order valence-corrected chi connectivity index (χ4v) is 3.67. The number of nitrogens with two attached hydrogens (primary N) is 1. The summed E-state index contributed by atoms with van der Waals surface area (Å²) >= 11 is 7.27. The molecule has 3 aromatic rings. The van der Waals surface area contributed by atoms with Crippen molar-refractivity contribution in [3.8, 4) is 0 Å². The van der Waals surface area contributed by atoms with Gasteiger partial charge in [-0.3, -0.25) is 9.59 Å². The minimum atomic E-state index is -0.711. The van der Waals surface area contributed by atoms with Crippen LogP contribution >= 0.6 is 22.9 Å². The Labute approximate surface area is 182 Å². The summed E-state index contributed by atoms with van der Waals surface area (Å²) in [5, 5.41) is 10.5. The number of halogens is 1. The predicted octanol–water partition coefficient (Wildman–Crippen LogP) is 4.39. The lowest BCUT2D eigenvalue weighted by Crippen LogP contribution is -2.35. The Morgan fingerprint density at radius 3 is 2.20 bits per heavy atom. The van der Waals surface area contributed by atoms with E-state index < -0.39 is 12.1 Å². The summed E-state index contributed by atoms with van der Waals surface area (Å²) in [6, 6.07) is 15.7. The van der Waals surface area contributed by atoms with Crippen molar-refractivity contribution in [3.05, 3.63) is 81.5 Å². The molecule has 0 spiro atoms. The molecule has 1 atom stereocenters. The Kier molecular flexibility index (Phi) is 7.05. The van der Waals surface area contributed by atoms with E-state index in [9.17, 15) is 14.4 Å². The largest absolute Gasteiger partial charge is 0.352 e. The molecule has 0 aliphatic heterocycles. The number of carbonyl (C=O) groups is 3. The highest BCUT2D eigenvalue weighted by atomic mass is 35.5. The van der Waals surface area contributed by atoms with Crippen LogP contribution in [-0.2, 0) is 4.79 Å². The van der Waals surface area contributed by atoms with E-state index in [1.54, 1.807) is 48.5 Å². The number of amides is 4. The van der Waals surface area contributed by atoms with E-state index in [2.05, 4.69) is 16.0 Å². The molecular weight excluding hydrogens is 424 g/mol. The van der Waals surface area contributed by atoms with Crippen LogP contribution in [0.25, 0.3) is 0 Å². The number of rotatable bonds is 7. The Balaban J connectivity index is 1.70. The molecule has 1 unspecified atom stereocenters. The predicted molar refractivity (Wildman–Crippen MR) is 119 cm³/mol. The second kappa shape index (κ2) is 9.91. The van der Waals surface area contributed by atoms with Gasteiger partial charge >= 0.3 is 6.03 Å². The number of anilines is 2. The maximum absolute atomic E-state index is 12.6. The highest BCUT2D eigenvalue weighted by molar-refractivity contribution is 7.10. The lowest BCUT2D eigenvalue weighted by atomic mass is 10.1. The molecule has 1 heterocycles. The number of nitrogens with one attached hydrogen (secondary N) is 3. The van der Waals surface area contributed by atoms with Crippen LogP contribution in [0.15, 0.2) is 66.0 Å². The van der Waals surface area contributed by atoms with Gasteiger partial charge in [-0.1, -0.05) is 29.8 Å². The molecular formula is C21H19ClN4O3S. The molecule has 2 aromatic carbocycles. The first-order valence-electron chi connectivity index (χ1n) is 8.97. The molecule has 0 saturated heterocycles. The summed E-state index contributed by atoms with van der Waals surface area (Å²) in [7, 11) is 0. The first-order valence-corrected chi connectivity index (χ1v) is 10.2. The molecule has 0 fully saturated rings. The normalized spacial score (nSPS) is 11.4. The highest BCUT2D eigenvalue weighted by Gasteiger charge is 2.19. The molecule has 5 N–H and O–H groups in total. The van der Waals surface area contributed by atoms with Crippen LogP contribution in [0.3, 0.4) is 0 Å². The van der Waals surface area contributed by atoms with Gasteiger partial charge in [0.05, 0.1) is 23.8 Å². The summed E-state index contributed by atoms with van der Waals surface area (Å²) in [6.07, 6.45) is -0.0110. The molecule has 0 bridgehead atoms. The van der Waals surface area contributed by atoms with Crippen LogP contribution < -0.4 is 21.7 Å². The second-order valence-corrected chi connectivity index (χ2v) is 7.75. The maximum Gasteiger partial charge on any atom is 0.312 e. The van der Waals surface area contributed by atoms with Crippen molar-refractivity contribution in [1.82, 2.24) is 5.32 Å². The topological polar surface area (TPSA) is 113 Å². The third-order valence-electron chi connectivity index (χ3n) is 4.15. The number of thiophene rings is 1. The van der Waals surface area contributed by atoms with Gasteiger partial charge in [-0.2, -0.15) is 0 Å². The lowest BCUT2D eigenvalue weighted by Gasteiger charge is -2.17. The molecule has 1 aromatic heterocycles. The van der Waals surface area contributed by atoms with Gasteiger partial charge in [-0.15, -0.1) is 11.3 Å². The van der Waals surface area contributed by atoms with Crippen molar-refractivity contribution in [2.24, 2.45) is 5.73 Å². The van der Waals surface area contributed by atoms with Crippen molar-refractivity contribution in [2.45, 2.75) is 12.5 Å². The van der Waals surface area contributed by atoms with Crippen molar-refractivity contribution in [3.63, 3.8) is 0 Å². The van der Waals surface area contributed by atoms with E-state index in [0.29, 0.717) is 22.0 Å². The minimum absolute atomic E-state index is 0.0110. The van der Waals surface area contributed by atoms with E-state index in [-0.39, 0.29) is 18.2 Å². The Bertz CT molecular complexity index is 1040. The molecule has 154 valence electrons. The summed E-state index contributed by atoms with van der Waals surface area (Å²) in [5.41, 5.74) is 6.56. The second-order valence-electron chi connectivity index (χ2n) is 6.34. The number of hydrogen-bond donors (Lipinski definition) is 4. The van der Waals surface area contributed by atoms with Crippen LogP contribution in [0.1, 0.15) is 27.7 Å². The van der Waals surface area contributed by atoms with E-state index in [4.69, 9.17) is 17.3 Å².